The van der Waals surface area contributed by atoms with Gasteiger partial charge in [0.1, 0.15) is 0 Å². The highest BCUT2D eigenvalue weighted by atomic mass is 32.2. The summed E-state index contributed by atoms with van der Waals surface area (Å²) in [6.45, 7) is 7.29. The Kier molecular flexibility index (Phi) is 5.35. The Morgan fingerprint density at radius 3 is 2.69 bits per heavy atom. The van der Waals surface area contributed by atoms with Gasteiger partial charge in [0.15, 0.2) is 0 Å². The first-order valence-corrected chi connectivity index (χ1v) is 7.23. The molecule has 16 heavy (non-hydrogen) atoms. The van der Waals surface area contributed by atoms with Crippen LogP contribution in [-0.2, 0) is 13.0 Å². The van der Waals surface area contributed by atoms with Gasteiger partial charge in [-0.25, -0.2) is 0 Å². The second-order valence-corrected chi connectivity index (χ2v) is 5.39. The fourth-order valence-corrected chi connectivity index (χ4v) is 2.35. The van der Waals surface area contributed by atoms with E-state index >= 15 is 0 Å². The van der Waals surface area contributed by atoms with Crippen LogP contribution < -0.4 is 5.73 Å². The van der Waals surface area contributed by atoms with Crippen molar-refractivity contribution in [1.82, 2.24) is 9.78 Å². The lowest BCUT2D eigenvalue weighted by Gasteiger charge is -2.07. The summed E-state index contributed by atoms with van der Waals surface area (Å²) in [6.07, 6.45) is 4.25. The van der Waals surface area contributed by atoms with Crippen LogP contribution in [0.25, 0.3) is 0 Å². The molecule has 1 aromatic rings. The molecule has 0 aliphatic rings. The maximum absolute atomic E-state index is 5.85. The SMILES string of the molecule is CSCCCn1nc(C)c(CC(C)N)c1C. The summed E-state index contributed by atoms with van der Waals surface area (Å²) in [5, 5.41) is 4.59. The fourth-order valence-electron chi connectivity index (χ4n) is 1.93. The minimum absolute atomic E-state index is 0.209. The van der Waals surface area contributed by atoms with Crippen molar-refractivity contribution in [1.29, 1.82) is 0 Å². The van der Waals surface area contributed by atoms with E-state index in [-0.39, 0.29) is 6.04 Å². The van der Waals surface area contributed by atoms with E-state index in [0.29, 0.717) is 0 Å². The van der Waals surface area contributed by atoms with Crippen molar-refractivity contribution < 1.29 is 0 Å². The molecule has 3 nitrogen and oxygen atoms in total. The zero-order valence-corrected chi connectivity index (χ0v) is 11.6. The molecule has 0 radical (unpaired) electrons. The second-order valence-electron chi connectivity index (χ2n) is 4.40. The second kappa shape index (κ2) is 6.30. The molecular weight excluding hydrogens is 218 g/mol. The van der Waals surface area contributed by atoms with E-state index < -0.39 is 0 Å². The Labute approximate surface area is 103 Å². The van der Waals surface area contributed by atoms with E-state index in [1.807, 2.05) is 18.7 Å². The molecule has 0 amide bonds. The van der Waals surface area contributed by atoms with Crippen molar-refractivity contribution in [2.45, 2.75) is 46.2 Å². The van der Waals surface area contributed by atoms with Gasteiger partial charge in [0, 0.05) is 18.3 Å². The Morgan fingerprint density at radius 2 is 2.12 bits per heavy atom. The zero-order valence-electron chi connectivity index (χ0n) is 10.8. The standard InChI is InChI=1S/C12H23N3S/c1-9(13)8-12-10(2)14-15(11(12)3)6-5-7-16-4/h9H,5-8,13H2,1-4H3. The highest BCUT2D eigenvalue weighted by Gasteiger charge is 2.12. The molecule has 0 aliphatic carbocycles. The summed E-state index contributed by atoms with van der Waals surface area (Å²) in [7, 11) is 0. The smallest absolute Gasteiger partial charge is 0.0629 e. The quantitative estimate of drug-likeness (QED) is 0.776. The molecule has 1 rings (SSSR count). The van der Waals surface area contributed by atoms with Gasteiger partial charge in [-0.15, -0.1) is 0 Å². The zero-order chi connectivity index (χ0) is 12.1. The molecule has 0 bridgehead atoms. The molecule has 1 atom stereocenters. The van der Waals surface area contributed by atoms with Crippen LogP contribution in [0.2, 0.25) is 0 Å². The van der Waals surface area contributed by atoms with E-state index in [2.05, 4.69) is 29.9 Å². The topological polar surface area (TPSA) is 43.8 Å². The third-order valence-electron chi connectivity index (χ3n) is 2.78. The Balaban J connectivity index is 2.72. The first-order valence-electron chi connectivity index (χ1n) is 5.83. The van der Waals surface area contributed by atoms with Crippen molar-refractivity contribution >= 4 is 11.8 Å². The number of thioether (sulfide) groups is 1. The average Bonchev–Trinajstić information content (AvgIpc) is 2.46. The van der Waals surface area contributed by atoms with Gasteiger partial charge in [-0.05, 0) is 51.2 Å². The molecular formula is C12H23N3S. The minimum Gasteiger partial charge on any atom is -0.328 e. The molecule has 0 aromatic carbocycles. The number of hydrogen-bond donors (Lipinski definition) is 1. The van der Waals surface area contributed by atoms with Crippen molar-refractivity contribution in [3.8, 4) is 0 Å². The van der Waals surface area contributed by atoms with Crippen molar-refractivity contribution in [2.75, 3.05) is 12.0 Å². The number of aromatic nitrogens is 2. The van der Waals surface area contributed by atoms with Gasteiger partial charge in [0.25, 0.3) is 0 Å². The number of nitrogens with two attached hydrogens (primary N) is 1. The largest absolute Gasteiger partial charge is 0.328 e. The summed E-state index contributed by atoms with van der Waals surface area (Å²) in [4.78, 5) is 0. The molecule has 1 aromatic heterocycles. The Morgan fingerprint density at radius 1 is 1.44 bits per heavy atom. The van der Waals surface area contributed by atoms with Crippen LogP contribution in [-0.4, -0.2) is 27.8 Å². The first kappa shape index (κ1) is 13.6. The summed E-state index contributed by atoms with van der Waals surface area (Å²) in [5.74, 6) is 1.20. The molecule has 92 valence electrons. The molecule has 0 spiro atoms. The number of rotatable bonds is 6. The van der Waals surface area contributed by atoms with Gasteiger partial charge >= 0.3 is 0 Å². The minimum atomic E-state index is 0.209. The molecule has 0 saturated heterocycles. The van der Waals surface area contributed by atoms with Crippen LogP contribution in [0.5, 0.6) is 0 Å². The number of aryl methyl sites for hydroxylation is 2. The summed E-state index contributed by atoms with van der Waals surface area (Å²) in [5.41, 5.74) is 9.61. The van der Waals surface area contributed by atoms with Gasteiger partial charge in [0.2, 0.25) is 0 Å². The molecule has 0 saturated carbocycles. The monoisotopic (exact) mass is 241 g/mol. The highest BCUT2D eigenvalue weighted by Crippen LogP contribution is 2.15. The fraction of sp³-hybridized carbons (Fsp3) is 0.750. The lowest BCUT2D eigenvalue weighted by molar-refractivity contribution is 0.585. The molecule has 0 fully saturated rings. The molecule has 4 heteroatoms. The Hall–Kier alpha value is -0.480. The molecule has 2 N–H and O–H groups in total. The lowest BCUT2D eigenvalue weighted by atomic mass is 10.1. The summed E-state index contributed by atoms with van der Waals surface area (Å²) >= 11 is 1.89. The lowest BCUT2D eigenvalue weighted by Crippen LogP contribution is -2.18. The van der Waals surface area contributed by atoms with Crippen LogP contribution in [0.15, 0.2) is 0 Å². The van der Waals surface area contributed by atoms with E-state index in [1.54, 1.807) is 0 Å². The highest BCUT2D eigenvalue weighted by molar-refractivity contribution is 7.98. The predicted octanol–water partition coefficient (Wildman–Crippen LogP) is 2.14. The van der Waals surface area contributed by atoms with E-state index in [1.165, 1.54) is 23.4 Å². The Bertz CT molecular complexity index is 331. The van der Waals surface area contributed by atoms with Crippen molar-refractivity contribution in [3.63, 3.8) is 0 Å². The van der Waals surface area contributed by atoms with Crippen molar-refractivity contribution in [3.05, 3.63) is 17.0 Å². The van der Waals surface area contributed by atoms with Crippen LogP contribution in [0, 0.1) is 13.8 Å². The predicted molar refractivity (Wildman–Crippen MR) is 72.1 cm³/mol. The van der Waals surface area contributed by atoms with Gasteiger partial charge in [0.05, 0.1) is 5.69 Å². The maximum atomic E-state index is 5.85. The summed E-state index contributed by atoms with van der Waals surface area (Å²) < 4.78 is 2.13. The van der Waals surface area contributed by atoms with E-state index in [9.17, 15) is 0 Å². The van der Waals surface area contributed by atoms with Crippen molar-refractivity contribution in [2.24, 2.45) is 5.73 Å². The number of nitrogens with zero attached hydrogens (tertiary/aromatic N) is 2. The molecule has 1 heterocycles. The van der Waals surface area contributed by atoms with Gasteiger partial charge in [-0.2, -0.15) is 16.9 Å². The van der Waals surface area contributed by atoms with Crippen LogP contribution in [0.3, 0.4) is 0 Å². The van der Waals surface area contributed by atoms with Crippen LogP contribution in [0.1, 0.15) is 30.3 Å². The third-order valence-corrected chi connectivity index (χ3v) is 3.47. The molecule has 1 unspecified atom stereocenters. The van der Waals surface area contributed by atoms with Gasteiger partial charge in [-0.3, -0.25) is 4.68 Å². The average molecular weight is 241 g/mol. The normalized spacial score (nSPS) is 13.1. The van der Waals surface area contributed by atoms with Crippen LogP contribution >= 0.6 is 11.8 Å². The molecule has 0 aliphatic heterocycles. The van der Waals surface area contributed by atoms with E-state index in [0.717, 1.165) is 18.7 Å². The van der Waals surface area contributed by atoms with Gasteiger partial charge in [-0.1, -0.05) is 0 Å². The van der Waals surface area contributed by atoms with E-state index in [4.69, 9.17) is 5.73 Å². The number of hydrogen-bond acceptors (Lipinski definition) is 3. The van der Waals surface area contributed by atoms with Crippen LogP contribution in [0.4, 0.5) is 0 Å². The summed E-state index contributed by atoms with van der Waals surface area (Å²) in [6, 6.07) is 0.209. The third kappa shape index (κ3) is 3.52. The van der Waals surface area contributed by atoms with Gasteiger partial charge < -0.3 is 5.73 Å². The first-order chi connectivity index (χ1) is 7.56. The maximum Gasteiger partial charge on any atom is 0.0629 e.